The Morgan fingerprint density at radius 3 is 2.59 bits per heavy atom. The summed E-state index contributed by atoms with van der Waals surface area (Å²) in [6.45, 7) is 2.57. The lowest BCUT2D eigenvalue weighted by molar-refractivity contribution is -0.120. The van der Waals surface area contributed by atoms with Gasteiger partial charge in [0.05, 0.1) is 31.9 Å². The Labute approximate surface area is 160 Å². The molecule has 0 aliphatic carbocycles. The van der Waals surface area contributed by atoms with Gasteiger partial charge in [0.1, 0.15) is 0 Å². The van der Waals surface area contributed by atoms with Crippen molar-refractivity contribution < 1.29 is 14.3 Å². The number of rotatable bonds is 8. The number of nitriles is 1. The van der Waals surface area contributed by atoms with Crippen LogP contribution in [-0.2, 0) is 11.2 Å². The Balaban J connectivity index is 1.93. The zero-order valence-electron chi connectivity index (χ0n) is 16.2. The summed E-state index contributed by atoms with van der Waals surface area (Å²) in [6.07, 6.45) is 0.776. The highest BCUT2D eigenvalue weighted by molar-refractivity contribution is 5.94. The number of benzene rings is 2. The summed E-state index contributed by atoms with van der Waals surface area (Å²) in [6, 6.07) is 14.5. The zero-order valence-corrected chi connectivity index (χ0v) is 16.2. The number of nitrogens with zero attached hydrogens (tertiary/aromatic N) is 2. The van der Waals surface area contributed by atoms with Crippen molar-refractivity contribution >= 4 is 11.6 Å². The van der Waals surface area contributed by atoms with Gasteiger partial charge in [-0.05, 0) is 56.3 Å². The van der Waals surface area contributed by atoms with Crippen molar-refractivity contribution in [1.82, 2.24) is 4.90 Å². The number of carbonyl (C=O) groups is 1. The molecule has 0 radical (unpaired) electrons. The Morgan fingerprint density at radius 2 is 1.93 bits per heavy atom. The van der Waals surface area contributed by atoms with E-state index in [1.54, 1.807) is 38.5 Å². The van der Waals surface area contributed by atoms with Crippen LogP contribution in [-0.4, -0.2) is 44.7 Å². The minimum Gasteiger partial charge on any atom is -0.493 e. The SMILES string of the molecule is COc1ccc(CCN(C)[C@H](C)C(=O)Nc2cccc(C#N)c2)cc1OC. The fraction of sp³-hybridized carbons (Fsp3) is 0.333. The summed E-state index contributed by atoms with van der Waals surface area (Å²) in [5, 5.41) is 11.8. The van der Waals surface area contributed by atoms with E-state index in [4.69, 9.17) is 14.7 Å². The normalized spacial score (nSPS) is 11.6. The van der Waals surface area contributed by atoms with Crippen molar-refractivity contribution in [3.05, 3.63) is 53.6 Å². The molecule has 0 unspecified atom stereocenters. The summed E-state index contributed by atoms with van der Waals surface area (Å²) < 4.78 is 10.6. The molecule has 0 heterocycles. The maximum absolute atomic E-state index is 12.5. The molecule has 0 saturated heterocycles. The van der Waals surface area contributed by atoms with E-state index in [0.717, 1.165) is 12.0 Å². The van der Waals surface area contributed by atoms with E-state index in [1.807, 2.05) is 37.1 Å². The number of ether oxygens (including phenoxy) is 2. The lowest BCUT2D eigenvalue weighted by Gasteiger charge is -2.24. The van der Waals surface area contributed by atoms with Gasteiger partial charge in [-0.2, -0.15) is 5.26 Å². The van der Waals surface area contributed by atoms with Gasteiger partial charge >= 0.3 is 0 Å². The fourth-order valence-corrected chi connectivity index (χ4v) is 2.65. The first-order valence-electron chi connectivity index (χ1n) is 8.70. The second kappa shape index (κ2) is 9.60. The largest absolute Gasteiger partial charge is 0.493 e. The molecule has 27 heavy (non-hydrogen) atoms. The topological polar surface area (TPSA) is 74.6 Å². The quantitative estimate of drug-likeness (QED) is 0.776. The van der Waals surface area contributed by atoms with Gasteiger partial charge in [0, 0.05) is 12.2 Å². The van der Waals surface area contributed by atoms with Crippen molar-refractivity contribution in [2.45, 2.75) is 19.4 Å². The van der Waals surface area contributed by atoms with E-state index >= 15 is 0 Å². The third kappa shape index (κ3) is 5.47. The molecule has 1 N–H and O–H groups in total. The minimum atomic E-state index is -0.309. The number of carbonyl (C=O) groups excluding carboxylic acids is 1. The van der Waals surface area contributed by atoms with E-state index in [-0.39, 0.29) is 11.9 Å². The second-order valence-electron chi connectivity index (χ2n) is 6.28. The van der Waals surface area contributed by atoms with E-state index in [0.29, 0.717) is 29.3 Å². The highest BCUT2D eigenvalue weighted by atomic mass is 16.5. The number of anilines is 1. The van der Waals surface area contributed by atoms with Gasteiger partial charge in [-0.1, -0.05) is 12.1 Å². The molecule has 6 nitrogen and oxygen atoms in total. The van der Waals surface area contributed by atoms with Crippen LogP contribution in [0.3, 0.4) is 0 Å². The number of methoxy groups -OCH3 is 2. The average Bonchev–Trinajstić information content (AvgIpc) is 2.71. The van der Waals surface area contributed by atoms with Crippen LogP contribution in [0.15, 0.2) is 42.5 Å². The zero-order chi connectivity index (χ0) is 19.8. The molecule has 1 atom stereocenters. The fourth-order valence-electron chi connectivity index (χ4n) is 2.65. The van der Waals surface area contributed by atoms with Gasteiger partial charge in [-0.3, -0.25) is 9.69 Å². The van der Waals surface area contributed by atoms with Crippen molar-refractivity contribution in [2.75, 3.05) is 33.1 Å². The maximum atomic E-state index is 12.5. The molecule has 2 aromatic rings. The summed E-state index contributed by atoms with van der Waals surface area (Å²) in [7, 11) is 5.14. The minimum absolute atomic E-state index is 0.111. The molecular formula is C21H25N3O3. The smallest absolute Gasteiger partial charge is 0.241 e. The van der Waals surface area contributed by atoms with Gasteiger partial charge < -0.3 is 14.8 Å². The first-order chi connectivity index (χ1) is 13.0. The first-order valence-corrected chi connectivity index (χ1v) is 8.70. The van der Waals surface area contributed by atoms with Crippen LogP contribution in [0.5, 0.6) is 11.5 Å². The van der Waals surface area contributed by atoms with Crippen LogP contribution in [0, 0.1) is 11.3 Å². The van der Waals surface area contributed by atoms with E-state index in [9.17, 15) is 4.79 Å². The number of amides is 1. The number of likely N-dealkylation sites (N-methyl/N-ethyl adjacent to an activating group) is 1. The third-order valence-electron chi connectivity index (χ3n) is 4.50. The molecule has 2 aromatic carbocycles. The van der Waals surface area contributed by atoms with Crippen LogP contribution in [0.4, 0.5) is 5.69 Å². The monoisotopic (exact) mass is 367 g/mol. The van der Waals surface area contributed by atoms with Crippen molar-refractivity contribution in [3.63, 3.8) is 0 Å². The lowest BCUT2D eigenvalue weighted by Crippen LogP contribution is -2.40. The van der Waals surface area contributed by atoms with Crippen molar-refractivity contribution in [3.8, 4) is 17.6 Å². The Morgan fingerprint density at radius 1 is 1.19 bits per heavy atom. The molecule has 142 valence electrons. The number of hydrogen-bond donors (Lipinski definition) is 1. The highest BCUT2D eigenvalue weighted by Gasteiger charge is 2.18. The van der Waals surface area contributed by atoms with Gasteiger partial charge in [0.25, 0.3) is 0 Å². The van der Waals surface area contributed by atoms with Crippen LogP contribution in [0.25, 0.3) is 0 Å². The van der Waals surface area contributed by atoms with Crippen LogP contribution >= 0.6 is 0 Å². The Kier molecular flexibility index (Phi) is 7.21. The first kappa shape index (κ1) is 20.3. The van der Waals surface area contributed by atoms with Crippen molar-refractivity contribution in [1.29, 1.82) is 5.26 Å². The standard InChI is InChI=1S/C21H25N3O3/c1-15(21(25)23-18-7-5-6-17(12-18)14-22)24(2)11-10-16-8-9-19(26-3)20(13-16)27-4/h5-9,12-13,15H,10-11H2,1-4H3,(H,23,25)/t15-/m1/s1. The molecule has 0 saturated carbocycles. The van der Waals surface area contributed by atoms with Crippen LogP contribution < -0.4 is 14.8 Å². The molecule has 0 bridgehead atoms. The van der Waals surface area contributed by atoms with E-state index in [1.165, 1.54) is 0 Å². The highest BCUT2D eigenvalue weighted by Crippen LogP contribution is 2.27. The molecule has 0 fully saturated rings. The van der Waals surface area contributed by atoms with Gasteiger partial charge in [0.15, 0.2) is 11.5 Å². The van der Waals surface area contributed by atoms with Crippen LogP contribution in [0.2, 0.25) is 0 Å². The maximum Gasteiger partial charge on any atom is 0.241 e. The lowest BCUT2D eigenvalue weighted by atomic mass is 10.1. The average molecular weight is 367 g/mol. The van der Waals surface area contributed by atoms with Crippen LogP contribution in [0.1, 0.15) is 18.1 Å². The molecule has 0 aliphatic heterocycles. The summed E-state index contributed by atoms with van der Waals surface area (Å²) >= 11 is 0. The number of hydrogen-bond acceptors (Lipinski definition) is 5. The Hall–Kier alpha value is -3.04. The molecule has 6 heteroatoms. The van der Waals surface area contributed by atoms with Crippen molar-refractivity contribution in [2.24, 2.45) is 0 Å². The summed E-state index contributed by atoms with van der Waals surface area (Å²) in [5.74, 6) is 1.28. The van der Waals surface area contributed by atoms with Gasteiger partial charge in [0.2, 0.25) is 5.91 Å². The molecular weight excluding hydrogens is 342 g/mol. The van der Waals surface area contributed by atoms with Gasteiger partial charge in [-0.25, -0.2) is 0 Å². The molecule has 2 rings (SSSR count). The summed E-state index contributed by atoms with van der Waals surface area (Å²) in [4.78, 5) is 14.5. The van der Waals surface area contributed by atoms with E-state index in [2.05, 4.69) is 11.4 Å². The molecule has 0 aliphatic rings. The van der Waals surface area contributed by atoms with Gasteiger partial charge in [-0.15, -0.1) is 0 Å². The number of nitrogens with one attached hydrogen (secondary N) is 1. The molecule has 1 amide bonds. The second-order valence-corrected chi connectivity index (χ2v) is 6.28. The predicted molar refractivity (Wildman–Crippen MR) is 105 cm³/mol. The Bertz CT molecular complexity index is 830. The summed E-state index contributed by atoms with van der Waals surface area (Å²) in [5.41, 5.74) is 2.25. The molecule has 0 aromatic heterocycles. The predicted octanol–water partition coefficient (Wildman–Crippen LogP) is 3.08. The van der Waals surface area contributed by atoms with E-state index < -0.39 is 0 Å². The third-order valence-corrected chi connectivity index (χ3v) is 4.50. The molecule has 0 spiro atoms.